The van der Waals surface area contributed by atoms with E-state index in [0.29, 0.717) is 29.2 Å². The Balaban J connectivity index is 0.979. The van der Waals surface area contributed by atoms with E-state index < -0.39 is 0 Å². The first-order chi connectivity index (χ1) is 18.8. The Morgan fingerprint density at radius 1 is 1.05 bits per heavy atom. The number of nitrogens with zero attached hydrogens (tertiary/aromatic N) is 2. The number of likely N-dealkylation sites (N-methyl/N-ethyl adjacent to an activating group) is 1. The molecule has 8 rings (SSSR count). The molecule has 3 heterocycles. The predicted molar refractivity (Wildman–Crippen MR) is 160 cm³/mol. The molecule has 216 valence electrons. The van der Waals surface area contributed by atoms with E-state index in [-0.39, 0.29) is 5.41 Å². The van der Waals surface area contributed by atoms with Crippen molar-refractivity contribution in [3.8, 4) is 5.75 Å². The number of phenolic OH excluding ortho intramolecular Hbond substituents is 1. The topological polar surface area (TPSA) is 38.7 Å². The maximum absolute atomic E-state index is 10.4. The van der Waals surface area contributed by atoms with Crippen LogP contribution in [0.5, 0.6) is 5.75 Å². The van der Waals surface area contributed by atoms with Gasteiger partial charge < -0.3 is 15.3 Å². The number of fused-ring (bicyclic) bond motifs is 8. The summed E-state index contributed by atoms with van der Waals surface area (Å²) in [5.74, 6) is 4.08. The summed E-state index contributed by atoms with van der Waals surface area (Å²) in [7, 11) is 2.32. The summed E-state index contributed by atoms with van der Waals surface area (Å²) >= 11 is 0. The highest BCUT2D eigenvalue weighted by Gasteiger charge is 2.54. The fourth-order valence-corrected chi connectivity index (χ4v) is 11.3. The number of likely N-dealkylation sites (tertiary alicyclic amines) is 1. The molecule has 1 aromatic rings. The monoisotopic (exact) mass is 533 g/mol. The van der Waals surface area contributed by atoms with Crippen LogP contribution in [0, 0.1) is 29.1 Å². The summed E-state index contributed by atoms with van der Waals surface area (Å²) in [4.78, 5) is 5.59. The summed E-state index contributed by atoms with van der Waals surface area (Å²) in [6, 6.07) is 9.14. The Bertz CT molecular complexity index is 1040. The van der Waals surface area contributed by atoms with Gasteiger partial charge in [0.25, 0.3) is 0 Å². The van der Waals surface area contributed by atoms with Crippen molar-refractivity contribution >= 4 is 0 Å². The highest BCUT2D eigenvalue weighted by Crippen LogP contribution is 2.62. The van der Waals surface area contributed by atoms with Crippen LogP contribution >= 0.6 is 0 Å². The number of hydrogen-bond donors (Lipinski definition) is 2. The highest BCUT2D eigenvalue weighted by molar-refractivity contribution is 5.44. The van der Waals surface area contributed by atoms with Gasteiger partial charge in [0, 0.05) is 29.6 Å². The van der Waals surface area contributed by atoms with E-state index in [0.717, 1.165) is 42.8 Å². The molecule has 0 amide bonds. The lowest BCUT2D eigenvalue weighted by Crippen LogP contribution is -2.59. The van der Waals surface area contributed by atoms with Gasteiger partial charge in [-0.15, -0.1) is 0 Å². The third-order valence-electron chi connectivity index (χ3n) is 13.9. The number of rotatable bonds is 7. The highest BCUT2D eigenvalue weighted by atomic mass is 16.3. The van der Waals surface area contributed by atoms with Crippen LogP contribution in [0.25, 0.3) is 0 Å². The second-order valence-electron chi connectivity index (χ2n) is 15.6. The van der Waals surface area contributed by atoms with Crippen LogP contribution < -0.4 is 5.32 Å². The average Bonchev–Trinajstić information content (AvgIpc) is 2.91. The van der Waals surface area contributed by atoms with Crippen molar-refractivity contribution in [3.63, 3.8) is 0 Å². The van der Waals surface area contributed by atoms with Gasteiger partial charge in [-0.2, -0.15) is 0 Å². The second-order valence-corrected chi connectivity index (χ2v) is 15.6. The number of phenols is 1. The minimum atomic E-state index is 0.196. The van der Waals surface area contributed by atoms with E-state index >= 15 is 0 Å². The maximum atomic E-state index is 10.4. The Morgan fingerprint density at radius 2 is 1.85 bits per heavy atom. The van der Waals surface area contributed by atoms with E-state index in [9.17, 15) is 5.11 Å². The smallest absolute Gasteiger partial charge is 0.115 e. The fraction of sp³-hybridized carbons (Fsp3) is 0.829. The number of benzene rings is 1. The van der Waals surface area contributed by atoms with Crippen molar-refractivity contribution in [2.24, 2.45) is 29.1 Å². The molecule has 4 heteroatoms. The van der Waals surface area contributed by atoms with Crippen molar-refractivity contribution < 1.29 is 5.11 Å². The van der Waals surface area contributed by atoms with Gasteiger partial charge in [-0.25, -0.2) is 0 Å². The second kappa shape index (κ2) is 10.0. The van der Waals surface area contributed by atoms with E-state index in [1.165, 1.54) is 94.8 Å². The first-order valence-electron chi connectivity index (χ1n) is 16.8. The van der Waals surface area contributed by atoms with E-state index in [1.54, 1.807) is 0 Å². The van der Waals surface area contributed by atoms with Gasteiger partial charge in [0.2, 0.25) is 0 Å². The zero-order chi connectivity index (χ0) is 26.9. The lowest BCUT2D eigenvalue weighted by atomic mass is 9.45. The number of hydrogen-bond acceptors (Lipinski definition) is 4. The van der Waals surface area contributed by atoms with Crippen molar-refractivity contribution in [2.45, 2.75) is 127 Å². The Kier molecular flexibility index (Phi) is 6.88. The van der Waals surface area contributed by atoms with Crippen molar-refractivity contribution in [2.75, 3.05) is 26.7 Å². The lowest BCUT2D eigenvalue weighted by Gasteiger charge is -2.60. The molecule has 1 aromatic carbocycles. The van der Waals surface area contributed by atoms with Gasteiger partial charge in [-0.05, 0) is 150 Å². The molecule has 3 saturated heterocycles. The molecule has 0 radical (unpaired) electrons. The summed E-state index contributed by atoms with van der Waals surface area (Å²) in [5, 5.41) is 14.5. The Hall–Kier alpha value is -1.10. The molecule has 4 nitrogen and oxygen atoms in total. The van der Waals surface area contributed by atoms with Gasteiger partial charge in [0.1, 0.15) is 5.75 Å². The molecule has 4 aliphatic carbocycles. The molecule has 9 atom stereocenters. The van der Waals surface area contributed by atoms with Gasteiger partial charge in [-0.1, -0.05) is 33.3 Å². The summed E-state index contributed by atoms with van der Waals surface area (Å²) in [6.07, 6.45) is 16.5. The van der Waals surface area contributed by atoms with Crippen LogP contribution in [0.4, 0.5) is 0 Å². The van der Waals surface area contributed by atoms with E-state index in [2.05, 4.69) is 55.1 Å². The van der Waals surface area contributed by atoms with Crippen LogP contribution in [0.15, 0.2) is 18.2 Å². The molecule has 3 aliphatic heterocycles. The first kappa shape index (κ1) is 26.8. The first-order valence-corrected chi connectivity index (χ1v) is 16.8. The number of piperidine rings is 3. The minimum absolute atomic E-state index is 0.196. The molecule has 0 spiro atoms. The molecular formula is C35H55N3O. The summed E-state index contributed by atoms with van der Waals surface area (Å²) in [5.41, 5.74) is 3.75. The molecule has 6 fully saturated rings. The molecule has 3 saturated carbocycles. The van der Waals surface area contributed by atoms with Crippen molar-refractivity contribution in [3.05, 3.63) is 29.3 Å². The Labute approximate surface area is 238 Å². The van der Waals surface area contributed by atoms with Crippen LogP contribution in [0.2, 0.25) is 0 Å². The average molecular weight is 534 g/mol. The minimum Gasteiger partial charge on any atom is -0.508 e. The van der Waals surface area contributed by atoms with Crippen molar-refractivity contribution in [1.29, 1.82) is 0 Å². The standard InChI is InChI=1S/C35H55N3O/c1-23-33-18-25-9-11-30(39)22-32(25)35(23,14-17-37(33)4)13-15-36-27-20-28-6-5-7-29(21-27)38(28)16-12-24-8-10-26-19-31(24)34(26,2)3/h9,11,22-24,26-29,31,33,36,39H,5-8,10,12-21H2,1-4H3/t23-,24-,26-,27?,28-,29+,31-,33+,35-/m0/s1. The maximum Gasteiger partial charge on any atom is 0.115 e. The molecule has 0 aromatic heterocycles. The number of aromatic hydroxyl groups is 1. The number of nitrogens with one attached hydrogen (secondary N) is 1. The van der Waals surface area contributed by atoms with Crippen LogP contribution in [-0.2, 0) is 11.8 Å². The molecule has 2 N–H and O–H groups in total. The largest absolute Gasteiger partial charge is 0.508 e. The Morgan fingerprint density at radius 3 is 2.59 bits per heavy atom. The zero-order valence-electron chi connectivity index (χ0n) is 25.3. The predicted octanol–water partition coefficient (Wildman–Crippen LogP) is 6.35. The van der Waals surface area contributed by atoms with Gasteiger partial charge in [0.15, 0.2) is 0 Å². The fourth-order valence-electron chi connectivity index (χ4n) is 11.3. The molecule has 1 unspecified atom stereocenters. The zero-order valence-corrected chi connectivity index (χ0v) is 25.3. The van der Waals surface area contributed by atoms with Crippen LogP contribution in [-0.4, -0.2) is 65.8 Å². The van der Waals surface area contributed by atoms with Gasteiger partial charge in [-0.3, -0.25) is 4.90 Å². The van der Waals surface area contributed by atoms with Gasteiger partial charge in [0.05, 0.1) is 0 Å². The normalized spacial score (nSPS) is 43.0. The SMILES string of the molecule is C[C@H]1[C@H]2Cc3ccc(O)cc3[C@@]1(CCNC1C[C@H]3CCC[C@@H](C1)N3CC[C@@H]1CC[C@H]3C[C@@H]1C3(C)C)CCN2C. The van der Waals surface area contributed by atoms with Gasteiger partial charge >= 0.3 is 0 Å². The molecular weight excluding hydrogens is 478 g/mol. The van der Waals surface area contributed by atoms with E-state index in [4.69, 9.17) is 0 Å². The third-order valence-corrected chi connectivity index (χ3v) is 13.9. The molecule has 39 heavy (non-hydrogen) atoms. The summed E-state index contributed by atoms with van der Waals surface area (Å²) < 4.78 is 0. The molecule has 7 aliphatic rings. The van der Waals surface area contributed by atoms with Crippen LogP contribution in [0.3, 0.4) is 0 Å². The van der Waals surface area contributed by atoms with E-state index in [1.807, 2.05) is 6.07 Å². The summed E-state index contributed by atoms with van der Waals surface area (Å²) in [6.45, 7) is 11.3. The molecule has 6 bridgehead atoms. The lowest BCUT2D eigenvalue weighted by molar-refractivity contribution is -0.111. The third kappa shape index (κ3) is 4.41. The van der Waals surface area contributed by atoms with Crippen molar-refractivity contribution in [1.82, 2.24) is 15.1 Å². The van der Waals surface area contributed by atoms with Crippen LogP contribution in [0.1, 0.15) is 103 Å². The quantitative estimate of drug-likeness (QED) is 0.428.